The maximum atomic E-state index is 11.8. The fourth-order valence-electron chi connectivity index (χ4n) is 3.42. The first-order valence-electron chi connectivity index (χ1n) is 10.0. The number of benzene rings is 2. The van der Waals surface area contributed by atoms with E-state index in [-0.39, 0.29) is 5.56 Å². The lowest BCUT2D eigenvalue weighted by atomic mass is 10.00. The number of ether oxygens (including phenoxy) is 1. The largest absolute Gasteiger partial charge is 0.494 e. The van der Waals surface area contributed by atoms with Gasteiger partial charge in [0.1, 0.15) is 5.75 Å². The van der Waals surface area contributed by atoms with Gasteiger partial charge in [0.2, 0.25) is 0 Å². The standard InChI is InChI=1S/C26H21N3O3/c1-17-13-20(22(15-27-17)26(30)31)21-14-24(28-16-23(21)32-2)29-25(18-9-5-3-6-10-18)19-11-7-4-8-12-19/h3-16H,1-2H3,(H,30,31). The zero-order valence-electron chi connectivity index (χ0n) is 17.7. The maximum Gasteiger partial charge on any atom is 0.337 e. The number of carbonyl (C=O) groups is 1. The molecule has 0 aliphatic heterocycles. The molecule has 0 atom stereocenters. The summed E-state index contributed by atoms with van der Waals surface area (Å²) in [4.78, 5) is 25.2. The number of aromatic carboxylic acids is 1. The number of aryl methyl sites for hydroxylation is 1. The summed E-state index contributed by atoms with van der Waals surface area (Å²) in [5.41, 5.74) is 4.53. The molecule has 0 aliphatic carbocycles. The van der Waals surface area contributed by atoms with Crippen LogP contribution in [-0.4, -0.2) is 33.9 Å². The van der Waals surface area contributed by atoms with Gasteiger partial charge in [0, 0.05) is 34.1 Å². The number of nitrogens with zero attached hydrogens (tertiary/aromatic N) is 3. The summed E-state index contributed by atoms with van der Waals surface area (Å²) in [7, 11) is 1.53. The fourth-order valence-corrected chi connectivity index (χ4v) is 3.42. The third-order valence-electron chi connectivity index (χ3n) is 4.95. The Morgan fingerprint density at radius 2 is 1.50 bits per heavy atom. The number of rotatable bonds is 6. The predicted octanol–water partition coefficient (Wildman–Crippen LogP) is 5.33. The molecule has 4 aromatic rings. The molecule has 4 rings (SSSR count). The first kappa shape index (κ1) is 20.9. The van der Waals surface area contributed by atoms with E-state index in [1.807, 2.05) is 67.6 Å². The summed E-state index contributed by atoms with van der Waals surface area (Å²) in [6.45, 7) is 1.81. The number of hydrogen-bond donors (Lipinski definition) is 1. The number of carboxylic acids is 1. The van der Waals surface area contributed by atoms with E-state index < -0.39 is 5.97 Å². The van der Waals surface area contributed by atoms with Crippen LogP contribution in [0.25, 0.3) is 11.1 Å². The minimum Gasteiger partial charge on any atom is -0.494 e. The molecule has 1 N–H and O–H groups in total. The highest BCUT2D eigenvalue weighted by atomic mass is 16.5. The highest BCUT2D eigenvalue weighted by Crippen LogP contribution is 2.35. The smallest absolute Gasteiger partial charge is 0.337 e. The van der Waals surface area contributed by atoms with Gasteiger partial charge >= 0.3 is 5.97 Å². The van der Waals surface area contributed by atoms with Crippen molar-refractivity contribution in [2.24, 2.45) is 4.99 Å². The maximum absolute atomic E-state index is 11.8. The van der Waals surface area contributed by atoms with Crippen LogP contribution in [0.1, 0.15) is 27.2 Å². The fraction of sp³-hybridized carbons (Fsp3) is 0.0769. The van der Waals surface area contributed by atoms with Gasteiger partial charge in [0.25, 0.3) is 0 Å². The van der Waals surface area contributed by atoms with E-state index in [0.717, 1.165) is 16.8 Å². The van der Waals surface area contributed by atoms with Crippen LogP contribution in [0.4, 0.5) is 5.82 Å². The van der Waals surface area contributed by atoms with Crippen LogP contribution in [0.15, 0.2) is 90.2 Å². The second-order valence-corrected chi connectivity index (χ2v) is 7.11. The second kappa shape index (κ2) is 9.22. The highest BCUT2D eigenvalue weighted by molar-refractivity contribution is 6.13. The van der Waals surface area contributed by atoms with E-state index >= 15 is 0 Å². The van der Waals surface area contributed by atoms with Gasteiger partial charge in [-0.15, -0.1) is 0 Å². The van der Waals surface area contributed by atoms with Crippen molar-refractivity contribution in [1.29, 1.82) is 0 Å². The summed E-state index contributed by atoms with van der Waals surface area (Å²) in [5, 5.41) is 9.67. The third kappa shape index (κ3) is 4.39. The lowest BCUT2D eigenvalue weighted by Crippen LogP contribution is -2.04. The molecule has 0 saturated heterocycles. The molecule has 0 amide bonds. The Bertz CT molecular complexity index is 1240. The van der Waals surface area contributed by atoms with Crippen LogP contribution in [0, 0.1) is 6.92 Å². The number of hydrogen-bond acceptors (Lipinski definition) is 5. The van der Waals surface area contributed by atoms with Crippen LogP contribution in [0.3, 0.4) is 0 Å². The van der Waals surface area contributed by atoms with Crippen molar-refractivity contribution in [3.05, 3.63) is 108 Å². The van der Waals surface area contributed by atoms with E-state index in [1.165, 1.54) is 13.3 Å². The average Bonchev–Trinajstić information content (AvgIpc) is 2.83. The van der Waals surface area contributed by atoms with Crippen LogP contribution >= 0.6 is 0 Å². The molecule has 2 heterocycles. The summed E-state index contributed by atoms with van der Waals surface area (Å²) in [5.74, 6) is -0.169. The number of pyridine rings is 2. The Hall–Kier alpha value is -4.32. The normalized spacial score (nSPS) is 10.4. The molecule has 0 spiro atoms. The minimum absolute atomic E-state index is 0.0846. The SMILES string of the molecule is COc1cnc(N=C(c2ccccc2)c2ccccc2)cc1-c1cc(C)ncc1C(=O)O. The van der Waals surface area contributed by atoms with Crippen LogP contribution in [0.5, 0.6) is 5.75 Å². The zero-order chi connectivity index (χ0) is 22.5. The van der Waals surface area contributed by atoms with Crippen molar-refractivity contribution in [2.45, 2.75) is 6.92 Å². The summed E-state index contributed by atoms with van der Waals surface area (Å²) >= 11 is 0. The van der Waals surface area contributed by atoms with Crippen molar-refractivity contribution in [2.75, 3.05) is 7.11 Å². The van der Waals surface area contributed by atoms with Crippen molar-refractivity contribution in [1.82, 2.24) is 9.97 Å². The molecule has 0 aliphatic rings. The Morgan fingerprint density at radius 1 is 0.875 bits per heavy atom. The van der Waals surface area contributed by atoms with Crippen molar-refractivity contribution < 1.29 is 14.6 Å². The van der Waals surface area contributed by atoms with E-state index in [0.29, 0.717) is 28.4 Å². The van der Waals surface area contributed by atoms with Crippen molar-refractivity contribution in [3.63, 3.8) is 0 Å². The summed E-state index contributed by atoms with van der Waals surface area (Å²) in [6.07, 6.45) is 2.92. The van der Waals surface area contributed by atoms with E-state index in [4.69, 9.17) is 9.73 Å². The molecule has 0 unspecified atom stereocenters. The molecule has 0 fully saturated rings. The molecule has 158 valence electrons. The van der Waals surface area contributed by atoms with Gasteiger partial charge in [-0.05, 0) is 19.1 Å². The van der Waals surface area contributed by atoms with Crippen LogP contribution in [0.2, 0.25) is 0 Å². The Morgan fingerprint density at radius 3 is 2.06 bits per heavy atom. The monoisotopic (exact) mass is 423 g/mol. The first-order valence-corrected chi connectivity index (χ1v) is 10.0. The number of methoxy groups -OCH3 is 1. The van der Waals surface area contributed by atoms with Crippen molar-refractivity contribution in [3.8, 4) is 16.9 Å². The molecule has 0 bridgehead atoms. The van der Waals surface area contributed by atoms with Gasteiger partial charge in [-0.3, -0.25) is 4.98 Å². The van der Waals surface area contributed by atoms with Gasteiger partial charge in [0.15, 0.2) is 5.82 Å². The quantitative estimate of drug-likeness (QED) is 0.424. The lowest BCUT2D eigenvalue weighted by molar-refractivity contribution is 0.0697. The van der Waals surface area contributed by atoms with Gasteiger partial charge in [-0.1, -0.05) is 60.7 Å². The molecule has 2 aromatic heterocycles. The number of aromatic nitrogens is 2. The molecule has 0 radical (unpaired) electrons. The molecule has 0 saturated carbocycles. The Labute approximate surface area is 185 Å². The zero-order valence-corrected chi connectivity index (χ0v) is 17.7. The molecular formula is C26H21N3O3. The molecule has 6 heteroatoms. The van der Waals surface area contributed by atoms with Gasteiger partial charge in [-0.25, -0.2) is 14.8 Å². The third-order valence-corrected chi connectivity index (χ3v) is 4.95. The molecule has 6 nitrogen and oxygen atoms in total. The summed E-state index contributed by atoms with van der Waals surface area (Å²) in [6, 6.07) is 23.2. The van der Waals surface area contributed by atoms with Crippen LogP contribution in [-0.2, 0) is 0 Å². The van der Waals surface area contributed by atoms with Crippen molar-refractivity contribution >= 4 is 17.5 Å². The second-order valence-electron chi connectivity index (χ2n) is 7.11. The average molecular weight is 423 g/mol. The highest BCUT2D eigenvalue weighted by Gasteiger charge is 2.18. The predicted molar refractivity (Wildman–Crippen MR) is 124 cm³/mol. The first-order chi connectivity index (χ1) is 15.6. The minimum atomic E-state index is -1.06. The van der Waals surface area contributed by atoms with E-state index in [2.05, 4.69) is 9.97 Å². The van der Waals surface area contributed by atoms with Crippen LogP contribution < -0.4 is 4.74 Å². The topological polar surface area (TPSA) is 84.7 Å². The molecule has 32 heavy (non-hydrogen) atoms. The van der Waals surface area contributed by atoms with Gasteiger partial charge in [0.05, 0.1) is 24.6 Å². The number of carboxylic acid groups (broad SMARTS) is 1. The summed E-state index contributed by atoms with van der Waals surface area (Å²) < 4.78 is 5.48. The molecule has 2 aromatic carbocycles. The molecular weight excluding hydrogens is 402 g/mol. The van der Waals surface area contributed by atoms with Gasteiger partial charge < -0.3 is 9.84 Å². The van der Waals surface area contributed by atoms with E-state index in [9.17, 15) is 9.90 Å². The van der Waals surface area contributed by atoms with E-state index in [1.54, 1.807) is 18.3 Å². The lowest BCUT2D eigenvalue weighted by Gasteiger charge is -2.13. The van der Waals surface area contributed by atoms with Gasteiger partial charge in [-0.2, -0.15) is 0 Å². The number of aliphatic imine (C=N–C) groups is 1. The Kier molecular flexibility index (Phi) is 6.03. The Balaban J connectivity index is 1.91.